The molecule has 0 fully saturated rings. The molecule has 0 aliphatic carbocycles. The van der Waals surface area contributed by atoms with E-state index in [-0.39, 0.29) is 5.54 Å². The molecular formula is C12H23N3S. The average Bonchev–Trinajstić information content (AvgIpc) is 2.62. The minimum Gasteiger partial charge on any atom is -0.340 e. The first-order valence-electron chi connectivity index (χ1n) is 5.79. The van der Waals surface area contributed by atoms with Crippen LogP contribution >= 0.6 is 11.8 Å². The minimum atomic E-state index is 0.177. The summed E-state index contributed by atoms with van der Waals surface area (Å²) in [5.74, 6) is 0.630. The molecule has 4 heteroatoms. The SMILES string of the molecule is CC(C)C(CNC(C)(C)C)Sc1ncc[nH]1. The van der Waals surface area contributed by atoms with Crippen molar-refractivity contribution in [1.82, 2.24) is 15.3 Å². The third-order valence-electron chi connectivity index (χ3n) is 2.31. The predicted molar refractivity (Wildman–Crippen MR) is 70.8 cm³/mol. The van der Waals surface area contributed by atoms with Gasteiger partial charge in [0, 0.05) is 29.7 Å². The first-order valence-corrected chi connectivity index (χ1v) is 6.67. The lowest BCUT2D eigenvalue weighted by molar-refractivity contribution is 0.407. The van der Waals surface area contributed by atoms with Crippen LogP contribution in [0.25, 0.3) is 0 Å². The van der Waals surface area contributed by atoms with Gasteiger partial charge in [0.15, 0.2) is 5.16 Å². The number of thioether (sulfide) groups is 1. The number of H-pyrrole nitrogens is 1. The smallest absolute Gasteiger partial charge is 0.165 e. The van der Waals surface area contributed by atoms with Crippen molar-refractivity contribution in [1.29, 1.82) is 0 Å². The molecule has 0 radical (unpaired) electrons. The number of aromatic amines is 1. The average molecular weight is 241 g/mol. The fourth-order valence-electron chi connectivity index (χ4n) is 1.28. The van der Waals surface area contributed by atoms with E-state index in [1.165, 1.54) is 0 Å². The molecule has 0 saturated carbocycles. The quantitative estimate of drug-likeness (QED) is 0.779. The first-order chi connectivity index (χ1) is 7.38. The maximum absolute atomic E-state index is 4.26. The van der Waals surface area contributed by atoms with Gasteiger partial charge in [0.2, 0.25) is 0 Å². The Balaban J connectivity index is 2.48. The Morgan fingerprint density at radius 1 is 1.44 bits per heavy atom. The molecule has 92 valence electrons. The van der Waals surface area contributed by atoms with Gasteiger partial charge in [0.25, 0.3) is 0 Å². The summed E-state index contributed by atoms with van der Waals surface area (Å²) in [7, 11) is 0. The number of aromatic nitrogens is 2. The maximum atomic E-state index is 4.26. The van der Waals surface area contributed by atoms with Crippen LogP contribution in [0, 0.1) is 5.92 Å². The highest BCUT2D eigenvalue weighted by Crippen LogP contribution is 2.25. The fraction of sp³-hybridized carbons (Fsp3) is 0.750. The fourth-order valence-corrected chi connectivity index (χ4v) is 2.26. The zero-order valence-corrected chi connectivity index (χ0v) is 11.7. The van der Waals surface area contributed by atoms with Gasteiger partial charge in [0.05, 0.1) is 0 Å². The maximum Gasteiger partial charge on any atom is 0.165 e. The van der Waals surface area contributed by atoms with Crippen LogP contribution < -0.4 is 5.32 Å². The summed E-state index contributed by atoms with van der Waals surface area (Å²) in [6, 6.07) is 0. The third kappa shape index (κ3) is 5.03. The molecule has 1 aromatic heterocycles. The standard InChI is InChI=1S/C12H23N3S/c1-9(2)10(8-15-12(3,4)5)16-11-13-6-7-14-11/h6-7,9-10,15H,8H2,1-5H3,(H,13,14). The second-order valence-electron chi connectivity index (χ2n) is 5.43. The molecule has 1 rings (SSSR count). The van der Waals surface area contributed by atoms with E-state index in [9.17, 15) is 0 Å². The summed E-state index contributed by atoms with van der Waals surface area (Å²) < 4.78 is 0. The zero-order valence-electron chi connectivity index (χ0n) is 10.9. The summed E-state index contributed by atoms with van der Waals surface area (Å²) in [5.41, 5.74) is 0.177. The summed E-state index contributed by atoms with van der Waals surface area (Å²) >= 11 is 1.81. The molecule has 1 atom stereocenters. The minimum absolute atomic E-state index is 0.177. The molecular weight excluding hydrogens is 218 g/mol. The van der Waals surface area contributed by atoms with E-state index in [0.29, 0.717) is 11.2 Å². The summed E-state index contributed by atoms with van der Waals surface area (Å²) in [5, 5.41) is 5.11. The van der Waals surface area contributed by atoms with Gasteiger partial charge in [-0.3, -0.25) is 0 Å². The lowest BCUT2D eigenvalue weighted by atomic mass is 10.1. The van der Waals surface area contributed by atoms with Crippen LogP contribution in [0.3, 0.4) is 0 Å². The number of nitrogens with zero attached hydrogens (tertiary/aromatic N) is 1. The molecule has 0 aliphatic rings. The van der Waals surface area contributed by atoms with E-state index in [4.69, 9.17) is 0 Å². The van der Waals surface area contributed by atoms with Crippen LogP contribution in [-0.4, -0.2) is 27.3 Å². The molecule has 3 nitrogen and oxygen atoms in total. The van der Waals surface area contributed by atoms with Gasteiger partial charge >= 0.3 is 0 Å². The number of hydrogen-bond acceptors (Lipinski definition) is 3. The Bertz CT molecular complexity index is 288. The molecule has 1 unspecified atom stereocenters. The van der Waals surface area contributed by atoms with Crippen molar-refractivity contribution in [2.45, 2.75) is 50.6 Å². The number of nitrogens with one attached hydrogen (secondary N) is 2. The topological polar surface area (TPSA) is 40.7 Å². The van der Waals surface area contributed by atoms with Gasteiger partial charge in [-0.1, -0.05) is 25.6 Å². The van der Waals surface area contributed by atoms with Crippen molar-refractivity contribution in [2.24, 2.45) is 5.92 Å². The molecule has 16 heavy (non-hydrogen) atoms. The van der Waals surface area contributed by atoms with Crippen molar-refractivity contribution >= 4 is 11.8 Å². The highest BCUT2D eigenvalue weighted by atomic mass is 32.2. The van der Waals surface area contributed by atoms with Gasteiger partial charge in [-0.15, -0.1) is 0 Å². The molecule has 1 aromatic rings. The normalized spacial score (nSPS) is 14.4. The summed E-state index contributed by atoms with van der Waals surface area (Å²) in [4.78, 5) is 7.41. The van der Waals surface area contributed by atoms with E-state index >= 15 is 0 Å². The largest absolute Gasteiger partial charge is 0.340 e. The second-order valence-corrected chi connectivity index (χ2v) is 6.65. The summed E-state index contributed by atoms with van der Waals surface area (Å²) in [6.45, 7) is 12.1. The van der Waals surface area contributed by atoms with Crippen molar-refractivity contribution < 1.29 is 0 Å². The van der Waals surface area contributed by atoms with Crippen LogP contribution in [0.2, 0.25) is 0 Å². The van der Waals surface area contributed by atoms with Gasteiger partial charge in [-0.05, 0) is 26.7 Å². The van der Waals surface area contributed by atoms with Crippen LogP contribution in [-0.2, 0) is 0 Å². The van der Waals surface area contributed by atoms with Gasteiger partial charge in [0.1, 0.15) is 0 Å². The monoisotopic (exact) mass is 241 g/mol. The molecule has 0 bridgehead atoms. The molecule has 2 N–H and O–H groups in total. The zero-order chi connectivity index (χ0) is 12.2. The molecule has 0 aromatic carbocycles. The van der Waals surface area contributed by atoms with E-state index in [1.54, 1.807) is 6.20 Å². The van der Waals surface area contributed by atoms with Crippen LogP contribution in [0.15, 0.2) is 17.6 Å². The van der Waals surface area contributed by atoms with Crippen LogP contribution in [0.5, 0.6) is 0 Å². The molecule has 0 aliphatic heterocycles. The lowest BCUT2D eigenvalue weighted by Crippen LogP contribution is -2.41. The van der Waals surface area contributed by atoms with Crippen LogP contribution in [0.1, 0.15) is 34.6 Å². The highest BCUT2D eigenvalue weighted by molar-refractivity contribution is 7.99. The Morgan fingerprint density at radius 3 is 2.56 bits per heavy atom. The number of imidazole rings is 1. The van der Waals surface area contributed by atoms with Crippen molar-refractivity contribution in [3.05, 3.63) is 12.4 Å². The van der Waals surface area contributed by atoms with Crippen molar-refractivity contribution in [3.63, 3.8) is 0 Å². The van der Waals surface area contributed by atoms with Crippen molar-refractivity contribution in [2.75, 3.05) is 6.54 Å². The highest BCUT2D eigenvalue weighted by Gasteiger charge is 2.19. The van der Waals surface area contributed by atoms with Crippen LogP contribution in [0.4, 0.5) is 0 Å². The molecule has 0 amide bonds. The first kappa shape index (κ1) is 13.6. The number of rotatable bonds is 5. The van der Waals surface area contributed by atoms with E-state index in [1.807, 2.05) is 18.0 Å². The van der Waals surface area contributed by atoms with E-state index in [0.717, 1.165) is 11.7 Å². The molecule has 1 heterocycles. The number of hydrogen-bond donors (Lipinski definition) is 2. The lowest BCUT2D eigenvalue weighted by Gasteiger charge is -2.26. The van der Waals surface area contributed by atoms with E-state index < -0.39 is 0 Å². The Morgan fingerprint density at radius 2 is 2.12 bits per heavy atom. The molecule has 0 saturated heterocycles. The second kappa shape index (κ2) is 5.73. The Labute approximate surface area is 103 Å². The predicted octanol–water partition coefficient (Wildman–Crippen LogP) is 2.91. The van der Waals surface area contributed by atoms with Crippen molar-refractivity contribution in [3.8, 4) is 0 Å². The Kier molecular flexibility index (Phi) is 4.87. The van der Waals surface area contributed by atoms with E-state index in [2.05, 4.69) is 49.9 Å². The van der Waals surface area contributed by atoms with Gasteiger partial charge < -0.3 is 10.3 Å². The van der Waals surface area contributed by atoms with Gasteiger partial charge in [-0.25, -0.2) is 4.98 Å². The Hall–Kier alpha value is -0.480. The third-order valence-corrected chi connectivity index (χ3v) is 3.77. The summed E-state index contributed by atoms with van der Waals surface area (Å²) in [6.07, 6.45) is 3.67. The molecule has 0 spiro atoms. The van der Waals surface area contributed by atoms with Gasteiger partial charge in [-0.2, -0.15) is 0 Å².